The third-order valence-electron chi connectivity index (χ3n) is 2.48. The van der Waals surface area contributed by atoms with Crippen LogP contribution in [0.3, 0.4) is 0 Å². The van der Waals surface area contributed by atoms with E-state index in [0.717, 1.165) is 12.2 Å². The molecule has 0 fully saturated rings. The summed E-state index contributed by atoms with van der Waals surface area (Å²) in [6, 6.07) is 7.54. The van der Waals surface area contributed by atoms with E-state index >= 15 is 0 Å². The van der Waals surface area contributed by atoms with E-state index in [9.17, 15) is 0 Å². The molecule has 2 N–H and O–H groups in total. The highest BCUT2D eigenvalue weighted by Crippen LogP contribution is 2.19. The number of nitriles is 1. The van der Waals surface area contributed by atoms with Crippen LogP contribution in [-0.4, -0.2) is 26.3 Å². The molecule has 0 aliphatic heterocycles. The van der Waals surface area contributed by atoms with Gasteiger partial charge < -0.3 is 15.4 Å². The fraction of sp³-hybridized carbons (Fsp3) is 0.462. The maximum Gasteiger partial charge on any atom is 0.101 e. The summed E-state index contributed by atoms with van der Waals surface area (Å²) in [5.41, 5.74) is 7.68. The number of rotatable bonds is 5. The number of benzene rings is 1. The topological polar surface area (TPSA) is 62.3 Å². The summed E-state index contributed by atoms with van der Waals surface area (Å²) in [6.45, 7) is 5.47. The lowest BCUT2D eigenvalue weighted by Crippen LogP contribution is -2.24. The zero-order valence-corrected chi connectivity index (χ0v) is 10.6. The second kappa shape index (κ2) is 6.12. The lowest BCUT2D eigenvalue weighted by molar-refractivity contribution is 0.0846. The standard InChI is InChI=1S/C13H19N3O/c1-10(2)17-7-6-16(3)12-4-5-13(15)11(8-12)9-14/h4-5,8,10H,6-7,15H2,1-3H3. The predicted octanol–water partition coefficient (Wildman–Crippen LogP) is 2.00. The van der Waals surface area contributed by atoms with Gasteiger partial charge in [-0.3, -0.25) is 0 Å². The van der Waals surface area contributed by atoms with Gasteiger partial charge in [0.1, 0.15) is 6.07 Å². The first kappa shape index (κ1) is 13.3. The summed E-state index contributed by atoms with van der Waals surface area (Å²) >= 11 is 0. The first-order valence-electron chi connectivity index (χ1n) is 5.67. The molecule has 0 aliphatic carbocycles. The number of nitrogen functional groups attached to an aromatic ring is 1. The highest BCUT2D eigenvalue weighted by molar-refractivity contribution is 5.62. The van der Waals surface area contributed by atoms with Crippen molar-refractivity contribution in [1.29, 1.82) is 5.26 Å². The predicted molar refractivity (Wildman–Crippen MR) is 69.9 cm³/mol. The quantitative estimate of drug-likeness (QED) is 0.790. The van der Waals surface area contributed by atoms with Gasteiger partial charge in [-0.2, -0.15) is 5.26 Å². The normalized spacial score (nSPS) is 10.3. The molecule has 1 aromatic rings. The minimum atomic E-state index is 0.240. The third-order valence-corrected chi connectivity index (χ3v) is 2.48. The van der Waals surface area contributed by atoms with Gasteiger partial charge in [-0.25, -0.2) is 0 Å². The van der Waals surface area contributed by atoms with Crippen LogP contribution in [0.4, 0.5) is 11.4 Å². The SMILES string of the molecule is CC(C)OCCN(C)c1ccc(N)c(C#N)c1. The largest absolute Gasteiger partial charge is 0.398 e. The Kier molecular flexibility index (Phi) is 4.80. The Morgan fingerprint density at radius 3 is 2.76 bits per heavy atom. The van der Waals surface area contributed by atoms with E-state index in [0.29, 0.717) is 17.9 Å². The van der Waals surface area contributed by atoms with Gasteiger partial charge in [-0.05, 0) is 32.0 Å². The molecule has 0 unspecified atom stereocenters. The molecule has 0 spiro atoms. The van der Waals surface area contributed by atoms with Crippen molar-refractivity contribution in [3.63, 3.8) is 0 Å². The molecule has 0 saturated heterocycles. The minimum absolute atomic E-state index is 0.240. The lowest BCUT2D eigenvalue weighted by atomic mass is 10.1. The number of likely N-dealkylation sites (N-methyl/N-ethyl adjacent to an activating group) is 1. The summed E-state index contributed by atoms with van der Waals surface area (Å²) in [7, 11) is 1.97. The third kappa shape index (κ3) is 3.97. The van der Waals surface area contributed by atoms with E-state index in [-0.39, 0.29) is 6.10 Å². The first-order chi connectivity index (χ1) is 8.04. The highest BCUT2D eigenvalue weighted by atomic mass is 16.5. The van der Waals surface area contributed by atoms with Gasteiger partial charge in [0.05, 0.1) is 18.3 Å². The van der Waals surface area contributed by atoms with Crippen LogP contribution >= 0.6 is 0 Å². The fourth-order valence-corrected chi connectivity index (χ4v) is 1.43. The van der Waals surface area contributed by atoms with Crippen LogP contribution in [0.25, 0.3) is 0 Å². The molecule has 4 heteroatoms. The maximum atomic E-state index is 8.90. The molecule has 0 atom stereocenters. The second-order valence-electron chi connectivity index (χ2n) is 4.22. The second-order valence-corrected chi connectivity index (χ2v) is 4.22. The molecule has 0 heterocycles. The van der Waals surface area contributed by atoms with Crippen LogP contribution in [0, 0.1) is 11.3 Å². The van der Waals surface area contributed by atoms with E-state index in [1.165, 1.54) is 0 Å². The van der Waals surface area contributed by atoms with Crippen molar-refractivity contribution in [3.05, 3.63) is 23.8 Å². The van der Waals surface area contributed by atoms with E-state index in [4.69, 9.17) is 15.7 Å². The molecule has 0 bridgehead atoms. The Bertz CT molecular complexity index is 410. The molecule has 0 aromatic heterocycles. The molecule has 1 aromatic carbocycles. The van der Waals surface area contributed by atoms with Crippen molar-refractivity contribution in [3.8, 4) is 6.07 Å². The van der Waals surface area contributed by atoms with Crippen molar-refractivity contribution < 1.29 is 4.74 Å². The van der Waals surface area contributed by atoms with Gasteiger partial charge in [0.2, 0.25) is 0 Å². The molecule has 0 amide bonds. The molecular weight excluding hydrogens is 214 g/mol. The van der Waals surface area contributed by atoms with Crippen LogP contribution < -0.4 is 10.6 Å². The number of nitrogens with two attached hydrogens (primary N) is 1. The van der Waals surface area contributed by atoms with Crippen LogP contribution in [0.5, 0.6) is 0 Å². The Hall–Kier alpha value is -1.73. The number of nitrogens with zero attached hydrogens (tertiary/aromatic N) is 2. The lowest BCUT2D eigenvalue weighted by Gasteiger charge is -2.20. The maximum absolute atomic E-state index is 8.90. The molecule has 92 valence electrons. The molecular formula is C13H19N3O. The van der Waals surface area contributed by atoms with Crippen LogP contribution in [-0.2, 0) is 4.74 Å². The van der Waals surface area contributed by atoms with Gasteiger partial charge in [-0.1, -0.05) is 0 Å². The number of hydrogen-bond donors (Lipinski definition) is 1. The van der Waals surface area contributed by atoms with Crippen molar-refractivity contribution in [2.24, 2.45) is 0 Å². The summed E-state index contributed by atoms with van der Waals surface area (Å²) < 4.78 is 5.48. The molecule has 17 heavy (non-hydrogen) atoms. The minimum Gasteiger partial charge on any atom is -0.398 e. The van der Waals surface area contributed by atoms with Gasteiger partial charge in [-0.15, -0.1) is 0 Å². The summed E-state index contributed by atoms with van der Waals surface area (Å²) in [4.78, 5) is 2.04. The van der Waals surface area contributed by atoms with Crippen molar-refractivity contribution in [2.75, 3.05) is 30.8 Å². The highest BCUT2D eigenvalue weighted by Gasteiger charge is 2.05. The molecule has 0 saturated carbocycles. The number of hydrogen-bond acceptors (Lipinski definition) is 4. The summed E-state index contributed by atoms with van der Waals surface area (Å²) in [5, 5.41) is 8.90. The Morgan fingerprint density at radius 1 is 1.47 bits per heavy atom. The summed E-state index contributed by atoms with van der Waals surface area (Å²) in [6.07, 6.45) is 0.240. The van der Waals surface area contributed by atoms with E-state index < -0.39 is 0 Å². The number of ether oxygens (including phenoxy) is 1. The molecule has 0 aliphatic rings. The average molecular weight is 233 g/mol. The van der Waals surface area contributed by atoms with Crippen molar-refractivity contribution in [1.82, 2.24) is 0 Å². The molecule has 1 rings (SSSR count). The Balaban J connectivity index is 2.63. The monoisotopic (exact) mass is 233 g/mol. The first-order valence-corrected chi connectivity index (χ1v) is 5.67. The van der Waals surface area contributed by atoms with E-state index in [2.05, 4.69) is 6.07 Å². The van der Waals surface area contributed by atoms with Gasteiger partial charge in [0.25, 0.3) is 0 Å². The van der Waals surface area contributed by atoms with Crippen molar-refractivity contribution >= 4 is 11.4 Å². The molecule has 4 nitrogen and oxygen atoms in total. The Morgan fingerprint density at radius 2 is 2.18 bits per heavy atom. The number of anilines is 2. The van der Waals surface area contributed by atoms with Crippen LogP contribution in [0.1, 0.15) is 19.4 Å². The average Bonchev–Trinajstić information content (AvgIpc) is 2.29. The van der Waals surface area contributed by atoms with E-state index in [1.54, 1.807) is 12.1 Å². The van der Waals surface area contributed by atoms with Gasteiger partial charge in [0, 0.05) is 25.0 Å². The van der Waals surface area contributed by atoms with E-state index in [1.807, 2.05) is 31.9 Å². The van der Waals surface area contributed by atoms with Crippen molar-refractivity contribution in [2.45, 2.75) is 20.0 Å². The zero-order chi connectivity index (χ0) is 12.8. The fourth-order valence-electron chi connectivity index (χ4n) is 1.43. The zero-order valence-electron chi connectivity index (χ0n) is 10.6. The summed E-state index contributed by atoms with van der Waals surface area (Å²) in [5.74, 6) is 0. The van der Waals surface area contributed by atoms with Crippen LogP contribution in [0.15, 0.2) is 18.2 Å². The van der Waals surface area contributed by atoms with Gasteiger partial charge in [0.15, 0.2) is 0 Å². The smallest absolute Gasteiger partial charge is 0.101 e. The van der Waals surface area contributed by atoms with Gasteiger partial charge >= 0.3 is 0 Å². The Labute approximate surface area is 103 Å². The van der Waals surface area contributed by atoms with Crippen LogP contribution in [0.2, 0.25) is 0 Å². The molecule has 0 radical (unpaired) electrons.